The Morgan fingerprint density at radius 2 is 1.85 bits per heavy atom. The van der Waals surface area contributed by atoms with Crippen LogP contribution >= 0.6 is 0 Å². The minimum atomic E-state index is 0. The van der Waals surface area contributed by atoms with Gasteiger partial charge in [-0.15, -0.1) is 5.75 Å². The molecule has 1 rings (SSSR count). The van der Waals surface area contributed by atoms with Gasteiger partial charge in [0.2, 0.25) is 0 Å². The maximum absolute atomic E-state index is 10.7. The van der Waals surface area contributed by atoms with Crippen LogP contribution in [0, 0.1) is 0 Å². The second kappa shape index (κ2) is 6.88. The molecule has 0 heterocycles. The topological polar surface area (TPSA) is 32.3 Å². The van der Waals surface area contributed by atoms with Gasteiger partial charge in [-0.25, -0.2) is 0 Å². The molecule has 0 atom stereocenters. The van der Waals surface area contributed by atoms with Gasteiger partial charge in [0.05, 0.1) is 6.61 Å². The zero-order chi connectivity index (χ0) is 8.81. The standard InChI is InChI=1S/C10H14O2.Li/c1-2-3-8-12-10-6-4-9(11)5-7-10;/h4-7,11H,2-3,8H2,1H3;/q;+1/p-1. The maximum Gasteiger partial charge on any atom is 1.00 e. The van der Waals surface area contributed by atoms with Crippen molar-refractivity contribution >= 4 is 0 Å². The summed E-state index contributed by atoms with van der Waals surface area (Å²) in [5, 5.41) is 10.7. The van der Waals surface area contributed by atoms with E-state index in [1.165, 1.54) is 12.1 Å². The summed E-state index contributed by atoms with van der Waals surface area (Å²) in [7, 11) is 0. The third-order valence-corrected chi connectivity index (χ3v) is 1.59. The summed E-state index contributed by atoms with van der Waals surface area (Å²) < 4.78 is 5.36. The molecule has 0 fully saturated rings. The van der Waals surface area contributed by atoms with Crippen molar-refractivity contribution in [3.8, 4) is 11.5 Å². The molecule has 3 heteroatoms. The minimum Gasteiger partial charge on any atom is -0.872 e. The van der Waals surface area contributed by atoms with Crippen LogP contribution < -0.4 is 28.7 Å². The average molecular weight is 172 g/mol. The molecule has 0 radical (unpaired) electrons. The van der Waals surface area contributed by atoms with E-state index < -0.39 is 0 Å². The van der Waals surface area contributed by atoms with E-state index in [-0.39, 0.29) is 24.6 Å². The van der Waals surface area contributed by atoms with Crippen LogP contribution in [0.25, 0.3) is 0 Å². The number of hydrogen-bond acceptors (Lipinski definition) is 2. The van der Waals surface area contributed by atoms with Gasteiger partial charge in [0.15, 0.2) is 0 Å². The Hall–Kier alpha value is -0.583. The van der Waals surface area contributed by atoms with Crippen LogP contribution in [0.3, 0.4) is 0 Å². The van der Waals surface area contributed by atoms with Crippen molar-refractivity contribution in [3.63, 3.8) is 0 Å². The Morgan fingerprint density at radius 1 is 1.23 bits per heavy atom. The largest absolute Gasteiger partial charge is 1.00 e. The molecule has 0 spiro atoms. The number of benzene rings is 1. The Bertz CT molecular complexity index is 221. The average Bonchev–Trinajstić information content (AvgIpc) is 2.09. The van der Waals surface area contributed by atoms with E-state index in [4.69, 9.17) is 4.74 Å². The summed E-state index contributed by atoms with van der Waals surface area (Å²) in [6.45, 7) is 2.85. The maximum atomic E-state index is 10.7. The first-order chi connectivity index (χ1) is 5.83. The molecule has 2 nitrogen and oxygen atoms in total. The van der Waals surface area contributed by atoms with Crippen LogP contribution in [0.2, 0.25) is 0 Å². The van der Waals surface area contributed by atoms with Gasteiger partial charge in [0.25, 0.3) is 0 Å². The first-order valence-corrected chi connectivity index (χ1v) is 4.23. The van der Waals surface area contributed by atoms with Crippen LogP contribution in [0.1, 0.15) is 19.8 Å². The van der Waals surface area contributed by atoms with Gasteiger partial charge in [-0.1, -0.05) is 25.5 Å². The molecule has 66 valence electrons. The second-order valence-electron chi connectivity index (χ2n) is 2.67. The Morgan fingerprint density at radius 3 is 2.38 bits per heavy atom. The van der Waals surface area contributed by atoms with Crippen LogP contribution in [0.15, 0.2) is 24.3 Å². The zero-order valence-electron chi connectivity index (χ0n) is 8.25. The van der Waals surface area contributed by atoms with Crippen LogP contribution in [-0.4, -0.2) is 6.61 Å². The van der Waals surface area contributed by atoms with E-state index in [1.54, 1.807) is 12.1 Å². The van der Waals surface area contributed by atoms with Gasteiger partial charge in [0, 0.05) is 0 Å². The zero-order valence-corrected chi connectivity index (χ0v) is 8.25. The number of rotatable bonds is 4. The molecule has 0 aromatic heterocycles. The fourth-order valence-electron chi connectivity index (χ4n) is 0.870. The molecule has 0 saturated carbocycles. The van der Waals surface area contributed by atoms with Gasteiger partial charge >= 0.3 is 18.9 Å². The Balaban J connectivity index is 0.00000144. The van der Waals surface area contributed by atoms with Gasteiger partial charge in [-0.05, 0) is 18.6 Å². The van der Waals surface area contributed by atoms with E-state index in [0.717, 1.165) is 25.2 Å². The molecular weight excluding hydrogens is 159 g/mol. The van der Waals surface area contributed by atoms with Crippen molar-refractivity contribution in [2.75, 3.05) is 6.61 Å². The predicted octanol–water partition coefficient (Wildman–Crippen LogP) is -1.06. The van der Waals surface area contributed by atoms with Crippen molar-refractivity contribution in [1.29, 1.82) is 0 Å². The van der Waals surface area contributed by atoms with Gasteiger partial charge in [-0.2, -0.15) is 0 Å². The van der Waals surface area contributed by atoms with Gasteiger partial charge in [-0.3, -0.25) is 0 Å². The summed E-state index contributed by atoms with van der Waals surface area (Å²) in [6.07, 6.45) is 2.18. The van der Waals surface area contributed by atoms with E-state index in [9.17, 15) is 5.11 Å². The summed E-state index contributed by atoms with van der Waals surface area (Å²) in [5.74, 6) is 0.806. The monoisotopic (exact) mass is 172 g/mol. The molecule has 0 aliphatic rings. The van der Waals surface area contributed by atoms with Crippen molar-refractivity contribution in [1.82, 2.24) is 0 Å². The van der Waals surface area contributed by atoms with Crippen molar-refractivity contribution in [3.05, 3.63) is 24.3 Å². The van der Waals surface area contributed by atoms with Crippen LogP contribution in [0.4, 0.5) is 0 Å². The molecule has 0 aliphatic carbocycles. The van der Waals surface area contributed by atoms with E-state index in [1.807, 2.05) is 0 Å². The normalized spacial score (nSPS) is 9.00. The quantitative estimate of drug-likeness (QED) is 0.428. The van der Waals surface area contributed by atoms with Crippen molar-refractivity contribution in [2.45, 2.75) is 19.8 Å². The summed E-state index contributed by atoms with van der Waals surface area (Å²) in [6, 6.07) is 6.44. The summed E-state index contributed by atoms with van der Waals surface area (Å²) in [5.41, 5.74) is 0. The fourth-order valence-corrected chi connectivity index (χ4v) is 0.870. The molecule has 0 bridgehead atoms. The molecule has 0 N–H and O–H groups in total. The number of unbranched alkanes of at least 4 members (excludes halogenated alkanes) is 1. The fraction of sp³-hybridized carbons (Fsp3) is 0.400. The SMILES string of the molecule is CCCCOc1ccc([O-])cc1.[Li+]. The van der Waals surface area contributed by atoms with Crippen LogP contribution in [-0.2, 0) is 0 Å². The summed E-state index contributed by atoms with van der Waals surface area (Å²) in [4.78, 5) is 0. The Labute approximate surface area is 91.1 Å². The van der Waals surface area contributed by atoms with Crippen molar-refractivity contribution < 1.29 is 28.7 Å². The molecule has 13 heavy (non-hydrogen) atoms. The first-order valence-electron chi connectivity index (χ1n) is 4.23. The number of ether oxygens (including phenoxy) is 1. The van der Waals surface area contributed by atoms with E-state index in [0.29, 0.717) is 0 Å². The van der Waals surface area contributed by atoms with Gasteiger partial charge in [0.1, 0.15) is 5.75 Å². The molecule has 0 saturated heterocycles. The number of hydrogen-bond donors (Lipinski definition) is 0. The Kier molecular flexibility index (Phi) is 6.57. The first kappa shape index (κ1) is 12.4. The summed E-state index contributed by atoms with van der Waals surface area (Å²) >= 11 is 0. The minimum absolute atomic E-state index is 0. The molecular formula is C10H13LiO2. The third kappa shape index (κ3) is 4.87. The van der Waals surface area contributed by atoms with E-state index in [2.05, 4.69) is 6.92 Å². The molecule has 1 aromatic carbocycles. The molecule has 0 aliphatic heterocycles. The van der Waals surface area contributed by atoms with Crippen LogP contribution in [0.5, 0.6) is 11.5 Å². The van der Waals surface area contributed by atoms with Crippen molar-refractivity contribution in [2.24, 2.45) is 0 Å². The molecule has 0 amide bonds. The second-order valence-corrected chi connectivity index (χ2v) is 2.67. The third-order valence-electron chi connectivity index (χ3n) is 1.59. The predicted molar refractivity (Wildman–Crippen MR) is 46.3 cm³/mol. The van der Waals surface area contributed by atoms with Gasteiger partial charge < -0.3 is 9.84 Å². The molecule has 0 unspecified atom stereocenters. The molecule has 1 aromatic rings. The smallest absolute Gasteiger partial charge is 0.872 e. The van der Waals surface area contributed by atoms with E-state index >= 15 is 0 Å².